The largest absolute Gasteiger partial charge is 0.486 e. The van der Waals surface area contributed by atoms with Crippen LogP contribution < -0.4 is 20.3 Å². The van der Waals surface area contributed by atoms with Gasteiger partial charge in [0.25, 0.3) is 5.56 Å². The Balaban J connectivity index is 1.54. The zero-order valence-electron chi connectivity index (χ0n) is 17.8. The van der Waals surface area contributed by atoms with Crippen LogP contribution in [-0.2, 0) is 16.0 Å². The van der Waals surface area contributed by atoms with Gasteiger partial charge in [-0.15, -0.1) is 0 Å². The third-order valence-corrected chi connectivity index (χ3v) is 5.88. The number of hydrogen-bond acceptors (Lipinski definition) is 6. The van der Waals surface area contributed by atoms with Crippen molar-refractivity contribution in [3.05, 3.63) is 34.1 Å². The molecule has 2 aliphatic rings. The lowest BCUT2D eigenvalue weighted by atomic mass is 10.1. The van der Waals surface area contributed by atoms with E-state index in [2.05, 4.69) is 10.3 Å². The molecule has 1 atom stereocenters. The molecular weight excluding hydrogens is 418 g/mol. The third kappa shape index (κ3) is 5.47. The van der Waals surface area contributed by atoms with Gasteiger partial charge in [0.1, 0.15) is 13.2 Å². The summed E-state index contributed by atoms with van der Waals surface area (Å²) in [7, 11) is 1.68. The monoisotopic (exact) mass is 447 g/mol. The van der Waals surface area contributed by atoms with E-state index >= 15 is 0 Å². The first-order chi connectivity index (χ1) is 15.1. The Bertz CT molecular complexity index is 974. The maximum atomic E-state index is 12.8. The second-order valence-electron chi connectivity index (χ2n) is 7.80. The number of ether oxygens (including phenoxy) is 4. The minimum Gasteiger partial charge on any atom is -0.486 e. The Morgan fingerprint density at radius 1 is 1.26 bits per heavy atom. The van der Waals surface area contributed by atoms with Gasteiger partial charge in [-0.05, 0) is 43.6 Å². The number of methoxy groups -OCH3 is 1. The molecule has 1 fully saturated rings. The molecule has 1 aromatic carbocycles. The van der Waals surface area contributed by atoms with Crippen LogP contribution in [-0.4, -0.2) is 67.7 Å². The first kappa shape index (κ1) is 21.9. The van der Waals surface area contributed by atoms with Crippen molar-refractivity contribution >= 4 is 28.2 Å². The molecule has 31 heavy (non-hydrogen) atoms. The van der Waals surface area contributed by atoms with Gasteiger partial charge in [-0.25, -0.2) is 0 Å². The van der Waals surface area contributed by atoms with Crippen molar-refractivity contribution in [2.75, 3.05) is 46.6 Å². The van der Waals surface area contributed by atoms with E-state index in [1.165, 1.54) is 0 Å². The van der Waals surface area contributed by atoms with Gasteiger partial charge in [0.15, 0.2) is 16.6 Å². The van der Waals surface area contributed by atoms with Crippen LogP contribution in [0.25, 0.3) is 10.9 Å². The fourth-order valence-electron chi connectivity index (χ4n) is 3.89. The van der Waals surface area contributed by atoms with Gasteiger partial charge >= 0.3 is 0 Å². The van der Waals surface area contributed by atoms with Crippen LogP contribution in [0.3, 0.4) is 0 Å². The lowest BCUT2D eigenvalue weighted by Gasteiger charge is -2.28. The number of aromatic nitrogens is 1. The number of nitrogens with one attached hydrogen (secondary N) is 2. The van der Waals surface area contributed by atoms with Gasteiger partial charge in [0.2, 0.25) is 0 Å². The molecule has 4 rings (SSSR count). The number of aromatic amines is 1. The molecule has 3 heterocycles. The van der Waals surface area contributed by atoms with Crippen LogP contribution in [0.5, 0.6) is 11.5 Å². The van der Waals surface area contributed by atoms with Crippen LogP contribution in [0.15, 0.2) is 23.0 Å². The van der Waals surface area contributed by atoms with Gasteiger partial charge in [-0.3, -0.25) is 4.79 Å². The summed E-state index contributed by atoms with van der Waals surface area (Å²) < 4.78 is 22.2. The highest BCUT2D eigenvalue weighted by atomic mass is 32.1. The average molecular weight is 448 g/mol. The quantitative estimate of drug-likeness (QED) is 0.471. The van der Waals surface area contributed by atoms with Crippen molar-refractivity contribution in [3.63, 3.8) is 0 Å². The minimum absolute atomic E-state index is 0.121. The number of fused-ring (bicyclic) bond motifs is 2. The summed E-state index contributed by atoms with van der Waals surface area (Å²) in [4.78, 5) is 17.8. The molecule has 1 aromatic heterocycles. The summed E-state index contributed by atoms with van der Waals surface area (Å²) in [5.41, 5.74) is 1.23. The van der Waals surface area contributed by atoms with E-state index in [1.807, 2.05) is 23.1 Å². The summed E-state index contributed by atoms with van der Waals surface area (Å²) in [5, 5.41) is 4.80. The Morgan fingerprint density at radius 3 is 2.81 bits per heavy atom. The van der Waals surface area contributed by atoms with Gasteiger partial charge in [0, 0.05) is 50.4 Å². The SMILES string of the molecule is COCCCNC(=S)N(Cc1cc2cc3c(cc2[nH]c1=O)OCCO3)C[C@@H]1CCCO1. The molecule has 0 aliphatic carbocycles. The van der Waals surface area contributed by atoms with Gasteiger partial charge < -0.3 is 34.1 Å². The van der Waals surface area contributed by atoms with Gasteiger partial charge in [0.05, 0.1) is 18.2 Å². The van der Waals surface area contributed by atoms with Crippen molar-refractivity contribution in [2.24, 2.45) is 0 Å². The lowest BCUT2D eigenvalue weighted by Crippen LogP contribution is -2.44. The number of nitrogens with zero attached hydrogens (tertiary/aromatic N) is 1. The number of rotatable bonds is 8. The second kappa shape index (κ2) is 10.3. The molecule has 1 saturated heterocycles. The number of benzene rings is 1. The second-order valence-corrected chi connectivity index (χ2v) is 8.19. The van der Waals surface area contributed by atoms with Gasteiger partial charge in [-0.1, -0.05) is 0 Å². The molecule has 168 valence electrons. The summed E-state index contributed by atoms with van der Waals surface area (Å²) in [5.74, 6) is 1.35. The van der Waals surface area contributed by atoms with Crippen LogP contribution in [0.4, 0.5) is 0 Å². The number of pyridine rings is 1. The highest BCUT2D eigenvalue weighted by molar-refractivity contribution is 7.80. The summed E-state index contributed by atoms with van der Waals surface area (Å²) in [6, 6.07) is 5.64. The summed E-state index contributed by atoms with van der Waals surface area (Å²) in [6.07, 6.45) is 3.03. The fourth-order valence-corrected chi connectivity index (χ4v) is 4.13. The molecule has 2 aromatic rings. The maximum absolute atomic E-state index is 12.8. The molecule has 9 heteroatoms. The van der Waals surface area contributed by atoms with Crippen LogP contribution >= 0.6 is 12.2 Å². The van der Waals surface area contributed by atoms with Crippen molar-refractivity contribution < 1.29 is 18.9 Å². The van der Waals surface area contributed by atoms with E-state index < -0.39 is 0 Å². The number of thiocarbonyl (C=S) groups is 1. The molecule has 0 spiro atoms. The van der Waals surface area contributed by atoms with Crippen molar-refractivity contribution in [2.45, 2.75) is 31.9 Å². The zero-order chi connectivity index (χ0) is 21.6. The van der Waals surface area contributed by atoms with E-state index in [1.54, 1.807) is 7.11 Å². The van der Waals surface area contributed by atoms with Gasteiger partial charge in [-0.2, -0.15) is 0 Å². The highest BCUT2D eigenvalue weighted by Gasteiger charge is 2.22. The Morgan fingerprint density at radius 2 is 2.06 bits per heavy atom. The predicted molar refractivity (Wildman–Crippen MR) is 122 cm³/mol. The average Bonchev–Trinajstić information content (AvgIpc) is 3.28. The molecule has 0 unspecified atom stereocenters. The predicted octanol–water partition coefficient (Wildman–Crippen LogP) is 2.19. The summed E-state index contributed by atoms with van der Waals surface area (Å²) >= 11 is 5.65. The maximum Gasteiger partial charge on any atom is 0.253 e. The van der Waals surface area contributed by atoms with Crippen LogP contribution in [0.1, 0.15) is 24.8 Å². The van der Waals surface area contributed by atoms with Crippen molar-refractivity contribution in [3.8, 4) is 11.5 Å². The van der Waals surface area contributed by atoms with E-state index in [-0.39, 0.29) is 11.7 Å². The highest BCUT2D eigenvalue weighted by Crippen LogP contribution is 2.33. The normalized spacial score (nSPS) is 17.6. The lowest BCUT2D eigenvalue weighted by molar-refractivity contribution is 0.0896. The molecule has 0 amide bonds. The molecule has 0 radical (unpaired) electrons. The van der Waals surface area contributed by atoms with Crippen molar-refractivity contribution in [1.29, 1.82) is 0 Å². The van der Waals surface area contributed by atoms with E-state index in [0.29, 0.717) is 61.6 Å². The Kier molecular flexibility index (Phi) is 7.26. The number of hydrogen-bond donors (Lipinski definition) is 2. The standard InChI is InChI=1S/C22H29N3O5S/c1-27-6-3-5-23-22(31)25(14-17-4-2-7-28-17)13-16-10-15-11-19-20(30-9-8-29-19)12-18(15)24-21(16)26/h10-12,17H,2-9,13-14H2,1H3,(H,23,31)(H,24,26)/t17-/m0/s1. The number of H-pyrrole nitrogens is 1. The van der Waals surface area contributed by atoms with E-state index in [4.69, 9.17) is 31.2 Å². The topological polar surface area (TPSA) is 85.1 Å². The van der Waals surface area contributed by atoms with E-state index in [9.17, 15) is 4.79 Å². The molecule has 0 saturated carbocycles. The molecule has 2 N–H and O–H groups in total. The first-order valence-corrected chi connectivity index (χ1v) is 11.1. The van der Waals surface area contributed by atoms with Crippen LogP contribution in [0, 0.1) is 0 Å². The zero-order valence-corrected chi connectivity index (χ0v) is 18.6. The molecule has 8 nitrogen and oxygen atoms in total. The molecule has 2 aliphatic heterocycles. The van der Waals surface area contributed by atoms with Crippen molar-refractivity contribution in [1.82, 2.24) is 15.2 Å². The third-order valence-electron chi connectivity index (χ3n) is 5.48. The first-order valence-electron chi connectivity index (χ1n) is 10.7. The molecular formula is C22H29N3O5S. The van der Waals surface area contributed by atoms with Crippen LogP contribution in [0.2, 0.25) is 0 Å². The van der Waals surface area contributed by atoms with E-state index in [0.717, 1.165) is 36.8 Å². The fraction of sp³-hybridized carbons (Fsp3) is 0.545. The Labute approximate surface area is 186 Å². The summed E-state index contributed by atoms with van der Waals surface area (Å²) in [6.45, 7) is 4.23. The molecule has 0 bridgehead atoms. The Hall–Kier alpha value is -2.36. The smallest absolute Gasteiger partial charge is 0.253 e. The minimum atomic E-state index is -0.135.